The Bertz CT molecular complexity index is 1030. The maximum atomic E-state index is 13.2. The molecule has 0 radical (unpaired) electrons. The second-order valence-electron chi connectivity index (χ2n) is 6.78. The summed E-state index contributed by atoms with van der Waals surface area (Å²) < 4.78 is 27.7. The molecule has 1 unspecified atom stereocenters. The third-order valence-corrected chi connectivity index (χ3v) is 7.29. The van der Waals surface area contributed by atoms with E-state index in [1.807, 2.05) is 0 Å². The van der Waals surface area contributed by atoms with E-state index in [9.17, 15) is 18.0 Å². The van der Waals surface area contributed by atoms with Gasteiger partial charge in [-0.25, -0.2) is 13.3 Å². The summed E-state index contributed by atoms with van der Waals surface area (Å²) in [6.45, 7) is 0. The van der Waals surface area contributed by atoms with Crippen molar-refractivity contribution < 1.29 is 18.0 Å². The highest BCUT2D eigenvalue weighted by Crippen LogP contribution is 2.38. The molecule has 0 aromatic heterocycles. The SMILES string of the molecule is O=C1CC(N(C2CC2)S(=O)(=O)c2ccc(Cl)cc2)C(=O)N1c1ccc(Cl)cc1. The quantitative estimate of drug-likeness (QED) is 0.669. The lowest BCUT2D eigenvalue weighted by atomic mass is 10.2. The Labute approximate surface area is 172 Å². The largest absolute Gasteiger partial charge is 0.274 e. The molecule has 1 saturated carbocycles. The van der Waals surface area contributed by atoms with Crippen molar-refractivity contribution in [2.45, 2.75) is 36.2 Å². The van der Waals surface area contributed by atoms with Crippen LogP contribution in [0.4, 0.5) is 5.69 Å². The first kappa shape index (κ1) is 19.4. The van der Waals surface area contributed by atoms with Crippen LogP contribution in [0.1, 0.15) is 19.3 Å². The van der Waals surface area contributed by atoms with Gasteiger partial charge in [0.25, 0.3) is 5.91 Å². The van der Waals surface area contributed by atoms with Crippen LogP contribution in [0.3, 0.4) is 0 Å². The molecule has 4 rings (SSSR count). The van der Waals surface area contributed by atoms with Crippen LogP contribution < -0.4 is 4.90 Å². The summed E-state index contributed by atoms with van der Waals surface area (Å²) >= 11 is 11.7. The molecule has 1 saturated heterocycles. The van der Waals surface area contributed by atoms with Crippen molar-refractivity contribution >= 4 is 50.7 Å². The minimum atomic E-state index is -3.95. The Balaban J connectivity index is 1.69. The van der Waals surface area contributed by atoms with Gasteiger partial charge >= 0.3 is 0 Å². The Hall–Kier alpha value is -1.93. The van der Waals surface area contributed by atoms with Crippen LogP contribution in [-0.4, -0.2) is 36.6 Å². The molecule has 0 bridgehead atoms. The molecule has 28 heavy (non-hydrogen) atoms. The smallest absolute Gasteiger partial charge is 0.252 e. The van der Waals surface area contributed by atoms with Crippen molar-refractivity contribution in [3.8, 4) is 0 Å². The first-order chi connectivity index (χ1) is 13.3. The lowest BCUT2D eigenvalue weighted by Gasteiger charge is -2.26. The third kappa shape index (κ3) is 3.43. The van der Waals surface area contributed by atoms with Crippen LogP contribution in [0.15, 0.2) is 53.4 Å². The van der Waals surface area contributed by atoms with E-state index in [4.69, 9.17) is 23.2 Å². The first-order valence-electron chi connectivity index (χ1n) is 8.70. The number of rotatable bonds is 5. The minimum Gasteiger partial charge on any atom is -0.274 e. The first-order valence-corrected chi connectivity index (χ1v) is 10.9. The van der Waals surface area contributed by atoms with Crippen molar-refractivity contribution in [2.75, 3.05) is 4.90 Å². The summed E-state index contributed by atoms with van der Waals surface area (Å²) in [5.74, 6) is -0.981. The zero-order valence-electron chi connectivity index (χ0n) is 14.6. The highest BCUT2D eigenvalue weighted by molar-refractivity contribution is 7.89. The van der Waals surface area contributed by atoms with Crippen LogP contribution >= 0.6 is 23.2 Å². The van der Waals surface area contributed by atoms with E-state index in [0.29, 0.717) is 28.6 Å². The zero-order chi connectivity index (χ0) is 20.1. The molecule has 6 nitrogen and oxygen atoms in total. The standard InChI is InChI=1S/C19H16Cl2N2O4S/c20-12-1-5-14(6-2-12)22-18(24)11-17(19(22)25)23(15-7-8-15)28(26,27)16-9-3-13(21)4-10-16/h1-6,9-10,15,17H,7-8,11H2. The molecule has 1 aliphatic carbocycles. The molecule has 1 atom stereocenters. The fourth-order valence-corrected chi connectivity index (χ4v) is 5.43. The lowest BCUT2D eigenvalue weighted by molar-refractivity contribution is -0.122. The molecule has 2 aromatic rings. The predicted molar refractivity (Wildman–Crippen MR) is 106 cm³/mol. The number of carbonyl (C=O) groups excluding carboxylic acids is 2. The number of carbonyl (C=O) groups is 2. The third-order valence-electron chi connectivity index (χ3n) is 4.81. The summed E-state index contributed by atoms with van der Waals surface area (Å²) in [6.07, 6.45) is 1.13. The summed E-state index contributed by atoms with van der Waals surface area (Å²) in [5.41, 5.74) is 0.376. The van der Waals surface area contributed by atoms with E-state index in [2.05, 4.69) is 0 Å². The molecule has 1 aliphatic heterocycles. The van der Waals surface area contributed by atoms with Gasteiger partial charge in [0.1, 0.15) is 6.04 Å². The topological polar surface area (TPSA) is 74.8 Å². The highest BCUT2D eigenvalue weighted by Gasteiger charge is 2.51. The second-order valence-corrected chi connectivity index (χ2v) is 9.50. The zero-order valence-corrected chi connectivity index (χ0v) is 16.9. The fourth-order valence-electron chi connectivity index (χ4n) is 3.35. The number of benzene rings is 2. The number of sulfonamides is 1. The average Bonchev–Trinajstić information content (AvgIpc) is 3.43. The van der Waals surface area contributed by atoms with Crippen molar-refractivity contribution in [1.82, 2.24) is 4.31 Å². The van der Waals surface area contributed by atoms with Crippen molar-refractivity contribution in [3.05, 3.63) is 58.6 Å². The number of hydrogen-bond acceptors (Lipinski definition) is 4. The fraction of sp³-hybridized carbons (Fsp3) is 0.263. The number of anilines is 1. The van der Waals surface area contributed by atoms with E-state index in [1.54, 1.807) is 24.3 Å². The molecule has 2 amide bonds. The Morgan fingerprint density at radius 1 is 0.893 bits per heavy atom. The molecular formula is C19H16Cl2N2O4S. The molecule has 1 heterocycles. The summed E-state index contributed by atoms with van der Waals surface area (Å²) in [4.78, 5) is 26.7. The van der Waals surface area contributed by atoms with E-state index in [0.717, 1.165) is 4.90 Å². The van der Waals surface area contributed by atoms with Crippen LogP contribution in [0, 0.1) is 0 Å². The van der Waals surface area contributed by atoms with Crippen LogP contribution in [-0.2, 0) is 19.6 Å². The van der Waals surface area contributed by atoms with Crippen LogP contribution in [0.5, 0.6) is 0 Å². The summed E-state index contributed by atoms with van der Waals surface area (Å²) in [5, 5.41) is 0.891. The second kappa shape index (κ2) is 7.15. The van der Waals surface area contributed by atoms with Gasteiger partial charge in [0, 0.05) is 16.1 Å². The Kier molecular flexibility index (Phi) is 4.95. The van der Waals surface area contributed by atoms with Gasteiger partial charge in [0.05, 0.1) is 17.0 Å². The summed E-state index contributed by atoms with van der Waals surface area (Å²) in [6, 6.07) is 10.7. The monoisotopic (exact) mass is 438 g/mol. The highest BCUT2D eigenvalue weighted by atomic mass is 35.5. The maximum absolute atomic E-state index is 13.2. The molecule has 9 heteroatoms. The molecular weight excluding hydrogens is 423 g/mol. The van der Waals surface area contributed by atoms with Crippen LogP contribution in [0.2, 0.25) is 10.0 Å². The molecule has 2 aromatic carbocycles. The average molecular weight is 439 g/mol. The maximum Gasteiger partial charge on any atom is 0.252 e. The van der Waals surface area contributed by atoms with Gasteiger partial charge in [0.2, 0.25) is 15.9 Å². The van der Waals surface area contributed by atoms with Gasteiger partial charge in [0.15, 0.2) is 0 Å². The predicted octanol–water partition coefficient (Wildman–Crippen LogP) is 3.48. The molecule has 2 fully saturated rings. The number of amides is 2. The molecule has 146 valence electrons. The Morgan fingerprint density at radius 2 is 1.43 bits per heavy atom. The molecule has 0 spiro atoms. The number of hydrogen-bond donors (Lipinski definition) is 0. The summed E-state index contributed by atoms with van der Waals surface area (Å²) in [7, 11) is -3.95. The van der Waals surface area contributed by atoms with Gasteiger partial charge in [-0.05, 0) is 61.4 Å². The van der Waals surface area contributed by atoms with Gasteiger partial charge in [-0.15, -0.1) is 0 Å². The number of halogens is 2. The molecule has 0 N–H and O–H groups in total. The van der Waals surface area contributed by atoms with Gasteiger partial charge < -0.3 is 0 Å². The van der Waals surface area contributed by atoms with Gasteiger partial charge in [-0.3, -0.25) is 9.59 Å². The minimum absolute atomic E-state index is 0.0500. The van der Waals surface area contributed by atoms with E-state index in [-0.39, 0.29) is 17.4 Å². The van der Waals surface area contributed by atoms with E-state index < -0.39 is 27.9 Å². The number of imide groups is 1. The van der Waals surface area contributed by atoms with Gasteiger partial charge in [-0.2, -0.15) is 4.31 Å². The van der Waals surface area contributed by atoms with E-state index >= 15 is 0 Å². The van der Waals surface area contributed by atoms with Crippen molar-refractivity contribution in [1.29, 1.82) is 0 Å². The number of nitrogens with zero attached hydrogens (tertiary/aromatic N) is 2. The van der Waals surface area contributed by atoms with E-state index in [1.165, 1.54) is 28.6 Å². The normalized spacial score (nSPS) is 20.2. The Morgan fingerprint density at radius 3 is 1.96 bits per heavy atom. The molecule has 2 aliphatic rings. The van der Waals surface area contributed by atoms with Crippen molar-refractivity contribution in [3.63, 3.8) is 0 Å². The van der Waals surface area contributed by atoms with Crippen LogP contribution in [0.25, 0.3) is 0 Å². The van der Waals surface area contributed by atoms with Gasteiger partial charge in [-0.1, -0.05) is 23.2 Å². The lowest BCUT2D eigenvalue weighted by Crippen LogP contribution is -2.46. The van der Waals surface area contributed by atoms with Crippen molar-refractivity contribution in [2.24, 2.45) is 0 Å².